The van der Waals surface area contributed by atoms with Gasteiger partial charge in [0.2, 0.25) is 23.6 Å². The fraction of sp³-hybridized carbons (Fsp3) is 0.645. The maximum atomic E-state index is 14.6. The number of carboxylic acid groups (broad SMARTS) is 4. The molecule has 2 aliphatic heterocycles. The number of benzene rings is 2. The lowest BCUT2D eigenvalue weighted by molar-refractivity contribution is -0.308. The van der Waals surface area contributed by atoms with Crippen LogP contribution >= 0.6 is 12.2 Å². The summed E-state index contributed by atoms with van der Waals surface area (Å²) < 4.78 is 0. The number of carboxylic acids is 4. The Hall–Kier alpha value is -6.48. The van der Waals surface area contributed by atoms with E-state index < -0.39 is 84.1 Å². The van der Waals surface area contributed by atoms with Gasteiger partial charge < -0.3 is 72.4 Å². The van der Waals surface area contributed by atoms with E-state index in [4.69, 9.17) is 23.7 Å². The lowest BCUT2D eigenvalue weighted by Crippen LogP contribution is -2.56. The molecule has 24 nitrogen and oxygen atoms in total. The highest BCUT2D eigenvalue weighted by atomic mass is 32.1. The Kier molecular flexibility index (Phi) is 32.5. The minimum absolute atomic E-state index is 0.0416. The number of amides is 4. The number of ketones is 1. The average molecular weight is 1230 g/mol. The molecule has 0 spiro atoms. The van der Waals surface area contributed by atoms with Crippen molar-refractivity contribution in [3.63, 3.8) is 0 Å². The van der Waals surface area contributed by atoms with Crippen LogP contribution in [0.3, 0.4) is 0 Å². The number of likely N-dealkylation sites (tertiary alicyclic amines) is 1. The van der Waals surface area contributed by atoms with E-state index >= 15 is 0 Å². The van der Waals surface area contributed by atoms with Gasteiger partial charge in [-0.3, -0.25) is 43.6 Å². The van der Waals surface area contributed by atoms with Gasteiger partial charge in [0, 0.05) is 122 Å². The number of anilines is 1. The highest BCUT2D eigenvalue weighted by molar-refractivity contribution is 7.80. The monoisotopic (exact) mass is 1230 g/mol. The van der Waals surface area contributed by atoms with Crippen molar-refractivity contribution >= 4 is 76.2 Å². The molecule has 7 atom stereocenters. The Morgan fingerprint density at radius 2 is 1.16 bits per heavy atom. The lowest BCUT2D eigenvalue weighted by atomic mass is 9.86. The first-order chi connectivity index (χ1) is 41.5. The van der Waals surface area contributed by atoms with Gasteiger partial charge in [-0.1, -0.05) is 95.2 Å². The average Bonchev–Trinajstić information content (AvgIpc) is 2.36. The standard InChI is InChI=1S/C62H97N11O13S/c1-5-43(4)57(52(74)36-46(16-9-11-23-63)58(81)66-49(17-10-12-24-64)61(84)73-25-13-18-51(73)60(83)67-50(62(85)86)35-44-14-7-6-8-15-44)68-59(82)47(34-42(2)3)37-53(87)65-48-21-19-45(20-22-48)38-69-26-28-70(39-54(75)76)30-32-72(41-56(79)80)33-31-71(29-27-69)40-55(77)78/h6-8,14-15,19-22,42-43,46-47,49-51,57H,5,9-13,16-18,23-41,63-64H2,1-4H3,(H,65,87)(H,66,81)(H,67,83)(H,68,82)(H,75,76)(H,77,78)(H,79,80)(H,85,86)/p-3/t43-,46+,47+,49-,50-,51-,57-/m0/s1. The number of nitrogens with two attached hydrogens (primary N) is 2. The number of Topliss-reactive ketones (excluding diaryl/α,β-unsaturated/α-hetero) is 1. The molecule has 2 saturated heterocycles. The van der Waals surface area contributed by atoms with Crippen LogP contribution in [-0.4, -0.2) is 204 Å². The molecule has 25 heteroatoms. The SMILES string of the molecule is CC[C@H](C)[C@H](NC(=O)[C@@H](CC(=S)Nc1ccc(CN2CCN(CC(=O)[O-])CCN(CC(=O)[O-])CCN(CC(=O)[O-])CC2)cc1)CC(C)C)C(=O)C[C@@H](CCCCN)C(=O)N[C@@H](CCCCN)C(=O)N1CCC[C@H]1C(=O)N[C@@H](Cc1ccccc1)C(=O)O. The Morgan fingerprint density at radius 3 is 1.67 bits per heavy atom. The molecule has 2 aromatic carbocycles. The first-order valence-electron chi connectivity index (χ1n) is 30.8. The smallest absolute Gasteiger partial charge is 0.326 e. The van der Waals surface area contributed by atoms with Crippen LogP contribution in [0.2, 0.25) is 0 Å². The Bertz CT molecular complexity index is 2510. The zero-order valence-corrected chi connectivity index (χ0v) is 52.1. The molecule has 0 radical (unpaired) electrons. The van der Waals surface area contributed by atoms with Crippen molar-refractivity contribution in [2.45, 2.75) is 142 Å². The minimum Gasteiger partial charge on any atom is -0.549 e. The van der Waals surface area contributed by atoms with Gasteiger partial charge in [-0.05, 0) is 99.6 Å². The summed E-state index contributed by atoms with van der Waals surface area (Å²) in [6.07, 6.45) is 4.32. The maximum absolute atomic E-state index is 14.6. The molecule has 4 rings (SSSR count). The van der Waals surface area contributed by atoms with E-state index in [9.17, 15) is 63.6 Å². The Labute approximate surface area is 517 Å². The second-order valence-electron chi connectivity index (χ2n) is 23.6. The zero-order valence-electron chi connectivity index (χ0n) is 51.3. The van der Waals surface area contributed by atoms with Gasteiger partial charge in [-0.25, -0.2) is 4.79 Å². The molecule has 4 amide bonds. The van der Waals surface area contributed by atoms with Crippen LogP contribution in [0.25, 0.3) is 0 Å². The van der Waals surface area contributed by atoms with E-state index in [-0.39, 0.29) is 101 Å². The fourth-order valence-corrected chi connectivity index (χ4v) is 11.5. The van der Waals surface area contributed by atoms with Gasteiger partial charge in [0.1, 0.15) is 18.1 Å². The second-order valence-corrected chi connectivity index (χ2v) is 24.1. The molecule has 484 valence electrons. The quantitative estimate of drug-likeness (QED) is 0.0321. The summed E-state index contributed by atoms with van der Waals surface area (Å²) in [6, 6.07) is 12.1. The summed E-state index contributed by atoms with van der Waals surface area (Å²) in [7, 11) is 0. The molecule has 0 aliphatic carbocycles. The Morgan fingerprint density at radius 1 is 0.632 bits per heavy atom. The number of nitrogens with one attached hydrogen (secondary N) is 4. The molecule has 87 heavy (non-hydrogen) atoms. The number of unbranched alkanes of at least 4 members (excludes halogenated alkanes) is 2. The number of hydrogen-bond acceptors (Lipinski definition) is 19. The molecular formula is C62H94N11O13S-3. The highest BCUT2D eigenvalue weighted by Gasteiger charge is 2.40. The maximum Gasteiger partial charge on any atom is 0.326 e. The molecule has 2 fully saturated rings. The van der Waals surface area contributed by atoms with Gasteiger partial charge in [0.05, 0.1) is 28.9 Å². The van der Waals surface area contributed by atoms with E-state index in [1.807, 2.05) is 52.0 Å². The van der Waals surface area contributed by atoms with Crippen molar-refractivity contribution in [1.82, 2.24) is 40.4 Å². The summed E-state index contributed by atoms with van der Waals surface area (Å²) in [6.45, 7) is 10.3. The van der Waals surface area contributed by atoms with Crippen LogP contribution in [0.1, 0.15) is 116 Å². The fourth-order valence-electron chi connectivity index (χ4n) is 11.1. The van der Waals surface area contributed by atoms with Crippen molar-refractivity contribution in [2.24, 2.45) is 35.1 Å². The predicted molar refractivity (Wildman–Crippen MR) is 327 cm³/mol. The van der Waals surface area contributed by atoms with Gasteiger partial charge in [-0.2, -0.15) is 0 Å². The zero-order chi connectivity index (χ0) is 64.0. The van der Waals surface area contributed by atoms with Crippen LogP contribution in [0.4, 0.5) is 5.69 Å². The van der Waals surface area contributed by atoms with Gasteiger partial charge in [-0.15, -0.1) is 0 Å². The van der Waals surface area contributed by atoms with Gasteiger partial charge in [0.15, 0.2) is 5.78 Å². The van der Waals surface area contributed by atoms with Crippen molar-refractivity contribution in [3.05, 3.63) is 65.7 Å². The Balaban J connectivity index is 1.46. The number of hydrogen-bond donors (Lipinski definition) is 7. The van der Waals surface area contributed by atoms with Crippen LogP contribution in [0.5, 0.6) is 0 Å². The molecule has 0 aromatic heterocycles. The summed E-state index contributed by atoms with van der Waals surface area (Å²) >= 11 is 5.86. The number of nitrogens with zero attached hydrogens (tertiary/aromatic N) is 5. The third kappa shape index (κ3) is 26.8. The van der Waals surface area contributed by atoms with E-state index in [1.54, 1.807) is 45.0 Å². The topological polar surface area (TPSA) is 359 Å². The second kappa shape index (κ2) is 38.7. The summed E-state index contributed by atoms with van der Waals surface area (Å²) in [5, 5.41) is 56.8. The van der Waals surface area contributed by atoms with Crippen molar-refractivity contribution < 1.29 is 63.6 Å². The number of rotatable bonds is 36. The minimum atomic E-state index is -1.30. The largest absolute Gasteiger partial charge is 0.549 e. The first-order valence-corrected chi connectivity index (χ1v) is 31.2. The van der Waals surface area contributed by atoms with Crippen molar-refractivity contribution in [3.8, 4) is 0 Å². The summed E-state index contributed by atoms with van der Waals surface area (Å²) in [5.74, 6) is -9.18. The molecule has 0 unspecified atom stereocenters. The normalized spacial score (nSPS) is 18.0. The van der Waals surface area contributed by atoms with Crippen molar-refractivity contribution in [1.29, 1.82) is 0 Å². The number of carbonyl (C=O) groups excluding carboxylic acids is 8. The molecule has 2 aromatic rings. The van der Waals surface area contributed by atoms with Crippen LogP contribution in [-0.2, 0) is 56.1 Å². The molecule has 2 aliphatic rings. The van der Waals surface area contributed by atoms with Gasteiger partial charge >= 0.3 is 5.97 Å². The van der Waals surface area contributed by atoms with E-state index in [0.717, 1.165) is 5.56 Å². The molecule has 9 N–H and O–H groups in total. The molecule has 0 saturated carbocycles. The molecule has 0 bridgehead atoms. The highest BCUT2D eigenvalue weighted by Crippen LogP contribution is 2.25. The summed E-state index contributed by atoms with van der Waals surface area (Å²) in [5.41, 5.74) is 14.0. The van der Waals surface area contributed by atoms with Crippen LogP contribution in [0, 0.1) is 23.7 Å². The van der Waals surface area contributed by atoms with Gasteiger partial charge in [0.25, 0.3) is 0 Å². The predicted octanol–water partition coefficient (Wildman–Crippen LogP) is -0.898. The molecule has 2 heterocycles. The summed E-state index contributed by atoms with van der Waals surface area (Å²) in [4.78, 5) is 128. The molecular weight excluding hydrogens is 1140 g/mol. The number of thiocarbonyl (C=S) groups is 1. The van der Waals surface area contributed by atoms with E-state index in [1.165, 1.54) is 4.90 Å². The van der Waals surface area contributed by atoms with E-state index in [2.05, 4.69) is 26.2 Å². The number of carbonyl (C=O) groups is 9. The van der Waals surface area contributed by atoms with Crippen molar-refractivity contribution in [2.75, 3.05) is 96.9 Å². The number of aliphatic carboxylic acids is 4. The van der Waals surface area contributed by atoms with Crippen LogP contribution < -0.4 is 48.1 Å². The lowest BCUT2D eigenvalue weighted by Gasteiger charge is -2.34. The van der Waals surface area contributed by atoms with Crippen LogP contribution in [0.15, 0.2) is 54.6 Å². The van der Waals surface area contributed by atoms with E-state index in [0.29, 0.717) is 113 Å². The third-order valence-corrected chi connectivity index (χ3v) is 16.4. The first kappa shape index (κ1) is 73.0. The third-order valence-electron chi connectivity index (χ3n) is 16.2.